The Morgan fingerprint density at radius 1 is 1.39 bits per heavy atom. The number of hydrogen-bond acceptors (Lipinski definition) is 5. The van der Waals surface area contributed by atoms with Gasteiger partial charge in [-0.05, 0) is 12.0 Å². The number of carbonyl (C=O) groups is 1. The summed E-state index contributed by atoms with van der Waals surface area (Å²) >= 11 is 3.22. The first kappa shape index (κ1) is 16.3. The molecule has 0 saturated carbocycles. The van der Waals surface area contributed by atoms with Crippen molar-refractivity contribution in [2.45, 2.75) is 16.4 Å². The monoisotopic (exact) mass is 349 g/mol. The number of nitrogens with one attached hydrogen (secondary N) is 2. The predicted molar refractivity (Wildman–Crippen MR) is 94.1 cm³/mol. The number of urea groups is 1. The minimum Gasteiger partial charge on any atom is -0.381 e. The minimum absolute atomic E-state index is 0.203. The van der Waals surface area contributed by atoms with Crippen LogP contribution in [0.4, 0.5) is 9.93 Å². The summed E-state index contributed by atoms with van der Waals surface area (Å²) < 4.78 is 6.38. The zero-order chi connectivity index (χ0) is 15.9. The van der Waals surface area contributed by atoms with Crippen LogP contribution in [0.15, 0.2) is 40.7 Å². The van der Waals surface area contributed by atoms with Gasteiger partial charge in [-0.3, -0.25) is 5.32 Å². The summed E-state index contributed by atoms with van der Waals surface area (Å²) in [5.41, 5.74) is 1.27. The first-order valence-electron chi connectivity index (χ1n) is 7.55. The van der Waals surface area contributed by atoms with E-state index in [0.29, 0.717) is 17.6 Å². The van der Waals surface area contributed by atoms with Gasteiger partial charge in [-0.2, -0.15) is 0 Å². The van der Waals surface area contributed by atoms with Crippen molar-refractivity contribution in [1.29, 1.82) is 0 Å². The molecular formula is C16H19N3O2S2. The number of hydrogen-bond donors (Lipinski definition) is 2. The number of amides is 2. The Balaban J connectivity index is 1.42. The molecule has 1 fully saturated rings. The summed E-state index contributed by atoms with van der Waals surface area (Å²) in [5, 5.41) is 6.28. The lowest BCUT2D eigenvalue weighted by Gasteiger charge is -2.09. The molecule has 1 aromatic carbocycles. The molecule has 1 aromatic heterocycles. The van der Waals surface area contributed by atoms with E-state index in [2.05, 4.69) is 27.8 Å². The number of rotatable bonds is 6. The topological polar surface area (TPSA) is 63.2 Å². The van der Waals surface area contributed by atoms with Crippen LogP contribution in [0.1, 0.15) is 12.0 Å². The van der Waals surface area contributed by atoms with Gasteiger partial charge in [0.25, 0.3) is 0 Å². The van der Waals surface area contributed by atoms with E-state index in [9.17, 15) is 4.79 Å². The fourth-order valence-corrected chi connectivity index (χ4v) is 4.06. The number of benzene rings is 1. The number of ether oxygens (including phenoxy) is 1. The molecule has 5 nitrogen and oxygen atoms in total. The Labute approximate surface area is 143 Å². The lowest BCUT2D eigenvalue weighted by atomic mass is 10.1. The van der Waals surface area contributed by atoms with Crippen LogP contribution in [0, 0.1) is 5.92 Å². The maximum absolute atomic E-state index is 11.9. The fourth-order valence-electron chi connectivity index (χ4n) is 2.24. The standard InChI is InChI=1S/C16H19N3O2S2/c20-15(17-8-13-6-7-21-10-13)19-16-18-9-14(23-16)22-11-12-4-2-1-3-5-12/h1-5,9,13H,6-8,10-11H2,(H2,17,18,19,20). The molecule has 0 bridgehead atoms. The zero-order valence-electron chi connectivity index (χ0n) is 12.7. The highest BCUT2D eigenvalue weighted by Crippen LogP contribution is 2.30. The molecule has 1 saturated heterocycles. The Kier molecular flexibility index (Phi) is 5.90. The third kappa shape index (κ3) is 5.23. The molecule has 1 unspecified atom stereocenters. The highest BCUT2D eigenvalue weighted by molar-refractivity contribution is 8.00. The van der Waals surface area contributed by atoms with Crippen molar-refractivity contribution in [3.8, 4) is 0 Å². The third-order valence-electron chi connectivity index (χ3n) is 3.50. The van der Waals surface area contributed by atoms with Crippen LogP contribution in [0.2, 0.25) is 0 Å². The Bertz CT molecular complexity index is 627. The summed E-state index contributed by atoms with van der Waals surface area (Å²) in [5.74, 6) is 1.32. The molecule has 2 heterocycles. The van der Waals surface area contributed by atoms with Crippen molar-refractivity contribution in [3.05, 3.63) is 42.1 Å². The molecule has 0 spiro atoms. The van der Waals surface area contributed by atoms with Gasteiger partial charge in [0, 0.05) is 24.8 Å². The summed E-state index contributed by atoms with van der Waals surface area (Å²) in [4.78, 5) is 16.1. The van der Waals surface area contributed by atoms with Crippen molar-refractivity contribution in [2.75, 3.05) is 25.1 Å². The second-order valence-electron chi connectivity index (χ2n) is 5.32. The zero-order valence-corrected chi connectivity index (χ0v) is 14.3. The maximum atomic E-state index is 11.9. The SMILES string of the molecule is O=C(NCC1CCOC1)Nc1ncc(SCc2ccccc2)s1. The van der Waals surface area contributed by atoms with Gasteiger partial charge in [-0.1, -0.05) is 41.7 Å². The largest absolute Gasteiger partial charge is 0.381 e. The van der Waals surface area contributed by atoms with Crippen molar-refractivity contribution in [1.82, 2.24) is 10.3 Å². The number of nitrogens with zero attached hydrogens (tertiary/aromatic N) is 1. The molecule has 2 amide bonds. The summed E-state index contributed by atoms with van der Waals surface area (Å²) in [7, 11) is 0. The van der Waals surface area contributed by atoms with E-state index < -0.39 is 0 Å². The van der Waals surface area contributed by atoms with Gasteiger partial charge in [0.2, 0.25) is 0 Å². The number of carbonyl (C=O) groups excluding carboxylic acids is 1. The average molecular weight is 349 g/mol. The molecule has 3 rings (SSSR count). The molecule has 23 heavy (non-hydrogen) atoms. The molecule has 1 aliphatic rings. The van der Waals surface area contributed by atoms with E-state index in [4.69, 9.17) is 4.74 Å². The molecule has 0 radical (unpaired) electrons. The lowest BCUT2D eigenvalue weighted by molar-refractivity contribution is 0.185. The second-order valence-corrected chi connectivity index (χ2v) is 7.63. The van der Waals surface area contributed by atoms with Crippen LogP contribution in [0.25, 0.3) is 0 Å². The quantitative estimate of drug-likeness (QED) is 0.782. The van der Waals surface area contributed by atoms with Crippen LogP contribution in [-0.4, -0.2) is 30.8 Å². The van der Waals surface area contributed by atoms with E-state index in [1.165, 1.54) is 16.9 Å². The number of anilines is 1. The van der Waals surface area contributed by atoms with Crippen molar-refractivity contribution >= 4 is 34.3 Å². The van der Waals surface area contributed by atoms with Gasteiger partial charge in [0.05, 0.1) is 17.0 Å². The number of aromatic nitrogens is 1. The second kappa shape index (κ2) is 8.33. The summed E-state index contributed by atoms with van der Waals surface area (Å²) in [6.07, 6.45) is 2.82. The minimum atomic E-state index is -0.203. The van der Waals surface area contributed by atoms with Crippen LogP contribution < -0.4 is 10.6 Å². The van der Waals surface area contributed by atoms with Gasteiger partial charge in [-0.25, -0.2) is 9.78 Å². The van der Waals surface area contributed by atoms with Crippen LogP contribution in [0.3, 0.4) is 0 Å². The smallest absolute Gasteiger partial charge is 0.321 e. The van der Waals surface area contributed by atoms with E-state index in [1.807, 2.05) is 18.2 Å². The highest BCUT2D eigenvalue weighted by atomic mass is 32.2. The van der Waals surface area contributed by atoms with Gasteiger partial charge < -0.3 is 10.1 Å². The summed E-state index contributed by atoms with van der Waals surface area (Å²) in [6.45, 7) is 2.17. The van der Waals surface area contributed by atoms with Gasteiger partial charge in [0.15, 0.2) is 5.13 Å². The third-order valence-corrected chi connectivity index (χ3v) is 5.68. The van der Waals surface area contributed by atoms with E-state index in [1.54, 1.807) is 18.0 Å². The normalized spacial score (nSPS) is 17.1. The number of thioether (sulfide) groups is 1. The van der Waals surface area contributed by atoms with Crippen LogP contribution in [0.5, 0.6) is 0 Å². The van der Waals surface area contributed by atoms with Gasteiger partial charge in [-0.15, -0.1) is 11.8 Å². The van der Waals surface area contributed by atoms with E-state index in [-0.39, 0.29) is 6.03 Å². The fraction of sp³-hybridized carbons (Fsp3) is 0.375. The van der Waals surface area contributed by atoms with Crippen molar-refractivity contribution < 1.29 is 9.53 Å². The molecular weight excluding hydrogens is 330 g/mol. The first-order valence-corrected chi connectivity index (χ1v) is 9.35. The lowest BCUT2D eigenvalue weighted by Crippen LogP contribution is -2.33. The Morgan fingerprint density at radius 2 is 2.26 bits per heavy atom. The van der Waals surface area contributed by atoms with E-state index in [0.717, 1.165) is 29.6 Å². The van der Waals surface area contributed by atoms with E-state index >= 15 is 0 Å². The number of thiazole rings is 1. The van der Waals surface area contributed by atoms with Crippen LogP contribution >= 0.6 is 23.1 Å². The molecule has 1 atom stereocenters. The summed E-state index contributed by atoms with van der Waals surface area (Å²) in [6, 6.07) is 10.1. The molecule has 122 valence electrons. The molecule has 0 aliphatic carbocycles. The van der Waals surface area contributed by atoms with Gasteiger partial charge in [0.1, 0.15) is 0 Å². The Hall–Kier alpha value is -1.57. The van der Waals surface area contributed by atoms with Crippen molar-refractivity contribution in [2.24, 2.45) is 5.92 Å². The molecule has 2 aromatic rings. The Morgan fingerprint density at radius 3 is 3.04 bits per heavy atom. The molecule has 1 aliphatic heterocycles. The maximum Gasteiger partial charge on any atom is 0.321 e. The predicted octanol–water partition coefficient (Wildman–Crippen LogP) is 3.59. The van der Waals surface area contributed by atoms with Gasteiger partial charge >= 0.3 is 6.03 Å². The highest BCUT2D eigenvalue weighted by Gasteiger charge is 2.16. The molecule has 2 N–H and O–H groups in total. The van der Waals surface area contributed by atoms with Crippen LogP contribution in [-0.2, 0) is 10.5 Å². The first-order chi connectivity index (χ1) is 11.3. The molecule has 7 heteroatoms. The van der Waals surface area contributed by atoms with Crippen molar-refractivity contribution in [3.63, 3.8) is 0 Å². The average Bonchev–Trinajstić information content (AvgIpc) is 3.24.